The van der Waals surface area contributed by atoms with Gasteiger partial charge in [0, 0.05) is 11.4 Å². The maximum absolute atomic E-state index is 14.1. The molecule has 1 amide bonds. The minimum absolute atomic E-state index is 0.0654. The molecule has 0 unspecified atom stereocenters. The molecule has 0 fully saturated rings. The van der Waals surface area contributed by atoms with E-state index in [0.717, 1.165) is 12.1 Å². The summed E-state index contributed by atoms with van der Waals surface area (Å²) in [6.45, 7) is 2.65. The Morgan fingerprint density at radius 1 is 0.705 bits per heavy atom. The number of ether oxygens (including phenoxy) is 1. The Labute approximate surface area is 240 Å². The third-order valence-corrected chi connectivity index (χ3v) is 5.48. The summed E-state index contributed by atoms with van der Waals surface area (Å²) < 4.78 is 233. The molecule has 0 aliphatic heterocycles. The van der Waals surface area contributed by atoms with Crippen molar-refractivity contribution in [3.05, 3.63) is 29.3 Å². The minimum atomic E-state index is -8.70. The van der Waals surface area contributed by atoms with Crippen LogP contribution in [0.1, 0.15) is 33.6 Å². The monoisotopic (exact) mass is 703 g/mol. The molecule has 22 heteroatoms. The molecule has 0 aliphatic carbocycles. The fourth-order valence-electron chi connectivity index (χ4n) is 2.94. The van der Waals surface area contributed by atoms with E-state index in [4.69, 9.17) is 21.2 Å². The van der Waals surface area contributed by atoms with Crippen molar-refractivity contribution in [3.8, 4) is 0 Å². The van der Waals surface area contributed by atoms with Gasteiger partial charge in [-0.2, -0.15) is 79.7 Å². The maximum atomic E-state index is 14.1. The number of amides is 1. The lowest BCUT2D eigenvalue weighted by Gasteiger charge is -2.42. The third-order valence-electron chi connectivity index (χ3n) is 5.24. The zero-order valence-corrected chi connectivity index (χ0v) is 22.7. The lowest BCUT2D eigenvalue weighted by atomic mass is 9.88. The largest absolute Gasteiger partial charge is 0.460 e. The van der Waals surface area contributed by atoms with Crippen LogP contribution in [0.25, 0.3) is 0 Å². The van der Waals surface area contributed by atoms with Gasteiger partial charge in [-0.05, 0) is 45.4 Å². The van der Waals surface area contributed by atoms with Gasteiger partial charge in [0.05, 0.1) is 12.3 Å². The van der Waals surface area contributed by atoms with Gasteiger partial charge >= 0.3 is 53.7 Å². The van der Waals surface area contributed by atoms with Crippen LogP contribution >= 0.6 is 11.6 Å². The van der Waals surface area contributed by atoms with Crippen LogP contribution in [0.4, 0.5) is 85.1 Å². The summed E-state index contributed by atoms with van der Waals surface area (Å²) in [6, 6.07) is 4.58. The Bertz CT molecular complexity index is 1170. The number of halogens is 18. The lowest BCUT2D eigenvalue weighted by molar-refractivity contribution is -0.461. The molecule has 0 aliphatic rings. The number of carbonyl (C=O) groups excluding carboxylic acids is 1. The summed E-state index contributed by atoms with van der Waals surface area (Å²) in [5.74, 6) is -56.9. The number of benzene rings is 1. The molecule has 0 bridgehead atoms. The summed E-state index contributed by atoms with van der Waals surface area (Å²) in [6.07, 6.45) is -13.6. The van der Waals surface area contributed by atoms with Crippen LogP contribution < -0.4 is 5.06 Å². The molecular formula is C22H19ClF17NO3. The number of hydrogen-bond acceptors (Lipinski definition) is 3. The second-order valence-corrected chi connectivity index (χ2v) is 10.3. The standard InChI is InChI=1S/C22H19ClF17NO3/c1-14(2,3)44-13(42)41(12-7-4-6-11(23)10-12)43-9-5-8-15(24,25)16(26,27)17(28,29)18(30,31)19(32,33)20(34,35)21(36,37)22(38,39)40/h4,6-7,10H,5,8-9H2,1-3H3. The first kappa shape index (κ1) is 39.6. The summed E-state index contributed by atoms with van der Waals surface area (Å²) in [5, 5.41) is 0.129. The number of nitrogens with zero attached hydrogens (tertiary/aromatic N) is 1. The number of hydrogen-bond donors (Lipinski definition) is 0. The second kappa shape index (κ2) is 12.1. The molecule has 44 heavy (non-hydrogen) atoms. The SMILES string of the molecule is CC(C)(C)OC(=O)N(OCCCC(F)(F)C(F)(F)C(F)(F)C(F)(F)C(F)(F)C(F)(F)C(F)(F)C(F)(F)F)c1cccc(Cl)c1. The van der Waals surface area contributed by atoms with Crippen LogP contribution in [0.5, 0.6) is 0 Å². The van der Waals surface area contributed by atoms with Crippen LogP contribution in [0, 0.1) is 0 Å². The van der Waals surface area contributed by atoms with Gasteiger partial charge in [-0.25, -0.2) is 4.79 Å². The maximum Gasteiger partial charge on any atom is 0.460 e. The summed E-state index contributed by atoms with van der Waals surface area (Å²) in [4.78, 5) is 17.2. The van der Waals surface area contributed by atoms with Gasteiger partial charge in [-0.3, -0.25) is 4.84 Å². The van der Waals surface area contributed by atoms with Crippen LogP contribution in [0.3, 0.4) is 0 Å². The average Bonchev–Trinajstić information content (AvgIpc) is 2.81. The Balaban J connectivity index is 3.29. The Morgan fingerprint density at radius 2 is 1.14 bits per heavy atom. The van der Waals surface area contributed by atoms with Crippen molar-refractivity contribution >= 4 is 23.4 Å². The molecule has 1 aromatic rings. The van der Waals surface area contributed by atoms with E-state index < -0.39 is 78.8 Å². The normalized spacial score (nSPS) is 14.9. The van der Waals surface area contributed by atoms with Gasteiger partial charge in [0.1, 0.15) is 5.60 Å². The molecule has 1 aromatic carbocycles. The predicted octanol–water partition coefficient (Wildman–Crippen LogP) is 9.80. The molecule has 0 spiro atoms. The first-order valence-electron chi connectivity index (χ1n) is 11.4. The molecular weight excluding hydrogens is 685 g/mol. The van der Waals surface area contributed by atoms with Crippen molar-refractivity contribution in [2.75, 3.05) is 11.7 Å². The van der Waals surface area contributed by atoms with Gasteiger partial charge in [0.15, 0.2) is 0 Å². The fourth-order valence-corrected chi connectivity index (χ4v) is 3.13. The predicted molar refractivity (Wildman–Crippen MR) is 116 cm³/mol. The summed E-state index contributed by atoms with van der Waals surface area (Å²) in [5.41, 5.74) is -1.54. The number of alkyl halides is 17. The number of anilines is 1. The fraction of sp³-hybridized carbons (Fsp3) is 0.682. The Hall–Kier alpha value is -2.45. The smallest absolute Gasteiger partial charge is 0.442 e. The van der Waals surface area contributed by atoms with Crippen molar-refractivity contribution in [1.82, 2.24) is 0 Å². The first-order valence-corrected chi connectivity index (χ1v) is 11.7. The van der Waals surface area contributed by atoms with Crippen molar-refractivity contribution < 1.29 is 89.0 Å². The highest BCUT2D eigenvalue weighted by atomic mass is 35.5. The topological polar surface area (TPSA) is 38.8 Å². The molecule has 0 N–H and O–H groups in total. The number of hydroxylamine groups is 1. The number of rotatable bonds is 12. The van der Waals surface area contributed by atoms with Gasteiger partial charge in [-0.1, -0.05) is 17.7 Å². The average molecular weight is 704 g/mol. The van der Waals surface area contributed by atoms with E-state index in [0.29, 0.717) is 0 Å². The van der Waals surface area contributed by atoms with Crippen molar-refractivity contribution in [2.45, 2.75) is 86.8 Å². The van der Waals surface area contributed by atoms with Crippen LogP contribution in [-0.2, 0) is 9.57 Å². The van der Waals surface area contributed by atoms with E-state index in [2.05, 4.69) is 0 Å². The highest BCUT2D eigenvalue weighted by molar-refractivity contribution is 6.30. The Kier molecular flexibility index (Phi) is 10.8. The van der Waals surface area contributed by atoms with E-state index in [-0.39, 0.29) is 15.8 Å². The van der Waals surface area contributed by atoms with Crippen molar-refractivity contribution in [1.29, 1.82) is 0 Å². The van der Waals surface area contributed by atoms with Crippen LogP contribution in [-0.4, -0.2) is 65.9 Å². The Morgan fingerprint density at radius 3 is 1.55 bits per heavy atom. The zero-order valence-electron chi connectivity index (χ0n) is 21.9. The molecule has 1 rings (SSSR count). The van der Waals surface area contributed by atoms with Crippen molar-refractivity contribution in [2.24, 2.45) is 0 Å². The lowest BCUT2D eigenvalue weighted by Crippen LogP contribution is -2.74. The van der Waals surface area contributed by atoms with Gasteiger partial charge in [0.25, 0.3) is 0 Å². The quantitative estimate of drug-likeness (QED) is 0.124. The van der Waals surface area contributed by atoms with Gasteiger partial charge < -0.3 is 4.74 Å². The molecule has 0 saturated heterocycles. The summed E-state index contributed by atoms with van der Waals surface area (Å²) >= 11 is 5.74. The molecule has 0 saturated carbocycles. The van der Waals surface area contributed by atoms with E-state index in [1.165, 1.54) is 32.9 Å². The van der Waals surface area contributed by atoms with Crippen LogP contribution in [0.2, 0.25) is 5.02 Å². The van der Waals surface area contributed by atoms with E-state index >= 15 is 0 Å². The molecule has 4 nitrogen and oxygen atoms in total. The number of carbonyl (C=O) groups is 1. The molecule has 0 heterocycles. The summed E-state index contributed by atoms with van der Waals surface area (Å²) in [7, 11) is 0. The first-order chi connectivity index (χ1) is 19.2. The molecule has 256 valence electrons. The van der Waals surface area contributed by atoms with E-state index in [1.807, 2.05) is 0 Å². The van der Waals surface area contributed by atoms with E-state index in [1.54, 1.807) is 0 Å². The molecule has 0 aromatic heterocycles. The zero-order chi connectivity index (χ0) is 35.2. The van der Waals surface area contributed by atoms with Gasteiger partial charge in [-0.15, -0.1) is 0 Å². The molecule has 0 radical (unpaired) electrons. The highest BCUT2D eigenvalue weighted by Crippen LogP contribution is 2.64. The van der Waals surface area contributed by atoms with Crippen molar-refractivity contribution in [3.63, 3.8) is 0 Å². The van der Waals surface area contributed by atoms with E-state index in [9.17, 15) is 79.4 Å². The van der Waals surface area contributed by atoms with Gasteiger partial charge in [0.2, 0.25) is 0 Å². The molecule has 0 atom stereocenters. The highest BCUT2D eigenvalue weighted by Gasteiger charge is 2.95. The van der Waals surface area contributed by atoms with Crippen LogP contribution in [0.15, 0.2) is 24.3 Å². The second-order valence-electron chi connectivity index (χ2n) is 9.84. The minimum Gasteiger partial charge on any atom is -0.442 e. The third kappa shape index (κ3) is 7.01.